The van der Waals surface area contributed by atoms with Crippen LogP contribution in [0, 0.1) is 46.8 Å². The molecule has 4 fully saturated rings. The zero-order valence-electron chi connectivity index (χ0n) is 63.3. The number of ether oxygens (including phenoxy) is 9. The summed E-state index contributed by atoms with van der Waals surface area (Å²) >= 11 is 0. The van der Waals surface area contributed by atoms with E-state index in [-0.39, 0.29) is 116 Å². The van der Waals surface area contributed by atoms with Gasteiger partial charge >= 0.3 is 29.8 Å². The monoisotopic (exact) mass is 1450 g/mol. The first kappa shape index (κ1) is 81.3. The lowest BCUT2D eigenvalue weighted by Gasteiger charge is -2.52. The van der Waals surface area contributed by atoms with Gasteiger partial charge in [0, 0.05) is 94.8 Å². The summed E-state index contributed by atoms with van der Waals surface area (Å²) in [5.41, 5.74) is 0.861. The molecule has 0 radical (unpaired) electrons. The van der Waals surface area contributed by atoms with Crippen molar-refractivity contribution >= 4 is 58.9 Å². The predicted octanol–water partition coefficient (Wildman–Crippen LogP) is 11.3. The van der Waals surface area contributed by atoms with E-state index < -0.39 is 125 Å². The smallest absolute Gasteiger partial charge is 0.342 e. The average molecular weight is 1450 g/mol. The Morgan fingerprint density at radius 3 is 2.14 bits per heavy atom. The van der Waals surface area contributed by atoms with Crippen LogP contribution < -0.4 is 0 Å². The summed E-state index contributed by atoms with van der Waals surface area (Å²) in [6.45, 7) is 17.8. The first-order valence-corrected chi connectivity index (χ1v) is 38.0. The molecule has 1 aromatic rings. The number of ketones is 4. The van der Waals surface area contributed by atoms with E-state index in [0.29, 0.717) is 125 Å². The number of carbonyl (C=O) groups excluding carboxylic acids is 10. The first-order chi connectivity index (χ1) is 49.4. The van der Waals surface area contributed by atoms with E-state index in [2.05, 4.69) is 0 Å². The van der Waals surface area contributed by atoms with E-state index in [1.54, 1.807) is 40.9 Å². The third-order valence-corrected chi connectivity index (χ3v) is 24.1. The lowest BCUT2D eigenvalue weighted by Crippen LogP contribution is -2.61. The van der Waals surface area contributed by atoms with Crippen molar-refractivity contribution in [1.29, 1.82) is 0 Å². The Bertz CT molecular complexity index is 3490. The molecular weight excluding hydrogens is 1340 g/mol. The van der Waals surface area contributed by atoms with Crippen molar-refractivity contribution in [2.24, 2.45) is 46.8 Å². The number of unbranched alkanes of at least 4 members (excludes halogenated alkanes) is 3. The normalized spacial score (nSPS) is 36.9. The van der Waals surface area contributed by atoms with Gasteiger partial charge < -0.3 is 62.2 Å². The van der Waals surface area contributed by atoms with Crippen LogP contribution in [0.3, 0.4) is 0 Å². The van der Waals surface area contributed by atoms with Gasteiger partial charge in [0.25, 0.3) is 11.7 Å². The maximum Gasteiger partial charge on any atom is 0.342 e. The van der Waals surface area contributed by atoms with Crippen LogP contribution in [0.2, 0.25) is 0 Å². The Balaban J connectivity index is 0.792. The molecule has 8 aliphatic rings. The number of cyclic esters (lactones) is 2. The van der Waals surface area contributed by atoms with Crippen LogP contribution in [0.5, 0.6) is 0 Å². The molecule has 574 valence electrons. The maximum absolute atomic E-state index is 14.7. The van der Waals surface area contributed by atoms with Gasteiger partial charge in [-0.05, 0) is 164 Å². The predicted molar refractivity (Wildman–Crippen MR) is 380 cm³/mol. The van der Waals surface area contributed by atoms with E-state index in [9.17, 15) is 58.2 Å². The Hall–Kier alpha value is -6.76. The molecule has 2 unspecified atom stereocenters. The van der Waals surface area contributed by atoms with Crippen LogP contribution in [-0.2, 0) is 86.4 Å². The molecule has 23 nitrogen and oxygen atoms in total. The summed E-state index contributed by atoms with van der Waals surface area (Å²) < 4.78 is 59.7. The Morgan fingerprint density at radius 1 is 0.769 bits per heavy atom. The maximum atomic E-state index is 14.7. The summed E-state index contributed by atoms with van der Waals surface area (Å²) in [5.74, 6) is -11.0. The van der Waals surface area contributed by atoms with Gasteiger partial charge in [-0.25, -0.2) is 9.59 Å². The zero-order valence-corrected chi connectivity index (χ0v) is 63.3. The van der Waals surface area contributed by atoms with Crippen molar-refractivity contribution in [3.8, 4) is 0 Å². The summed E-state index contributed by atoms with van der Waals surface area (Å²) in [5, 5.41) is 23.8. The molecule has 4 aliphatic carbocycles. The molecule has 2 saturated heterocycles. The number of allylic oxidation sites excluding steroid dienone is 7. The number of rotatable bonds is 17. The Labute approximate surface area is 612 Å². The van der Waals surface area contributed by atoms with Gasteiger partial charge in [0.1, 0.15) is 66.4 Å². The molecule has 18 atom stereocenters. The molecule has 104 heavy (non-hydrogen) atoms. The van der Waals surface area contributed by atoms with Gasteiger partial charge in [0.15, 0.2) is 11.5 Å². The van der Waals surface area contributed by atoms with Crippen molar-refractivity contribution in [3.05, 3.63) is 81.9 Å². The number of hydrogen-bond acceptors (Lipinski definition) is 22. The molecule has 5 heterocycles. The number of amides is 1. The van der Waals surface area contributed by atoms with Crippen LogP contribution >= 0.6 is 0 Å². The number of esters is 5. The number of nitrogens with zero attached hydrogens (tertiary/aromatic N) is 1. The molecule has 0 aromatic carbocycles. The van der Waals surface area contributed by atoms with Crippen molar-refractivity contribution < 1.29 is 105 Å². The molecule has 2 bridgehead atoms. The molecular formula is C81H113NO22. The Morgan fingerprint density at radius 2 is 1.47 bits per heavy atom. The van der Waals surface area contributed by atoms with E-state index in [4.69, 9.17) is 47.0 Å². The van der Waals surface area contributed by atoms with Gasteiger partial charge in [-0.1, -0.05) is 90.8 Å². The first-order valence-electron chi connectivity index (χ1n) is 38.0. The van der Waals surface area contributed by atoms with Gasteiger partial charge in [-0.3, -0.25) is 38.4 Å². The Kier molecular flexibility index (Phi) is 27.6. The molecule has 0 spiro atoms. The second-order valence-electron chi connectivity index (χ2n) is 31.6. The minimum atomic E-state index is -2.48. The number of aliphatic hydroxyl groups is 2. The van der Waals surface area contributed by atoms with E-state index >= 15 is 0 Å². The summed E-state index contributed by atoms with van der Waals surface area (Å²) in [6, 6.07) is -1.20. The van der Waals surface area contributed by atoms with Crippen molar-refractivity contribution in [1.82, 2.24) is 4.90 Å². The lowest BCUT2D eigenvalue weighted by atomic mass is 9.54. The number of carbonyl (C=O) groups is 10. The molecule has 2 saturated carbocycles. The number of aliphatic hydroxyl groups excluding tert-OH is 1. The fraction of sp³-hybridized carbons (Fsp3) is 0.704. The molecule has 4 aliphatic heterocycles. The third kappa shape index (κ3) is 17.9. The quantitative estimate of drug-likeness (QED) is 0.0481. The highest BCUT2D eigenvalue weighted by Gasteiger charge is 2.65. The van der Waals surface area contributed by atoms with E-state index in [0.717, 1.165) is 5.57 Å². The topological polar surface area (TPSA) is 311 Å². The summed E-state index contributed by atoms with van der Waals surface area (Å²) in [7, 11) is 4.43. The van der Waals surface area contributed by atoms with Crippen LogP contribution in [0.15, 0.2) is 69.4 Å². The highest BCUT2D eigenvalue weighted by atomic mass is 16.6. The number of furan rings is 1. The molecule has 1 aromatic heterocycles. The van der Waals surface area contributed by atoms with Crippen LogP contribution in [0.25, 0.3) is 0 Å². The van der Waals surface area contributed by atoms with Crippen LogP contribution in [0.1, 0.15) is 237 Å². The van der Waals surface area contributed by atoms with E-state index in [1.165, 1.54) is 32.3 Å². The number of Topliss-reactive ketones (excluding diaryl/α,β-unsaturated/α-hetero) is 4. The minimum Gasteiger partial charge on any atom is -0.462 e. The van der Waals surface area contributed by atoms with Gasteiger partial charge in [0.05, 0.1) is 24.2 Å². The fourth-order valence-electron chi connectivity index (χ4n) is 17.9. The van der Waals surface area contributed by atoms with E-state index in [1.807, 2.05) is 65.0 Å². The van der Waals surface area contributed by atoms with Gasteiger partial charge in [-0.2, -0.15) is 0 Å². The van der Waals surface area contributed by atoms with Crippen LogP contribution in [-0.4, -0.2) is 175 Å². The largest absolute Gasteiger partial charge is 0.462 e. The standard InChI is InChI=1S/C81H113NO22/c1-45-23-17-16-18-24-46(2)60(96-12)40-55-31-28-51(7)81(94,104-55)75(90)76(91)82-36-22-21-25-58(82)78(93)101-61(41-59(84)47(3)38-50(6)71(88)74(97-13)70(87)49(5)37-45)48(4)39-53-29-32-54(33-30-53)100-65(85)26-19-14-15-20-27-66(86)102-63-35-34-57-67-69(62(99-52(8)83)42-79(57,63)9)80(10)64(44-95-11)103-77(92)56-43-98-73(68(56)80)72(67)89/h16-18,23-24,38,43,45,47-49,51,53-55,57-58,60-64,71,74,88,94H,14-15,19-22,25-37,39-42,44H2,1-13H3/b18-16+,23-17+,46-24+,50-38+/t45-,47-,48-,49-,51-,53?,54?,55+,57?,58?,60+,61+,62-,63+,64-,71-,74+,79+,80+,81-/m1/s1. The second kappa shape index (κ2) is 35.3. The number of fused-ring (bicyclic) bond motifs is 6. The molecule has 9 rings (SSSR count). The number of piperidine rings is 1. The average Bonchev–Trinajstić information content (AvgIpc) is 1.48. The minimum absolute atomic E-state index is 0.0139. The number of methoxy groups -OCH3 is 3. The molecule has 1 amide bonds. The number of hydrogen-bond donors (Lipinski definition) is 2. The van der Waals surface area contributed by atoms with Crippen molar-refractivity contribution in [3.63, 3.8) is 0 Å². The fourth-order valence-corrected chi connectivity index (χ4v) is 17.9. The zero-order chi connectivity index (χ0) is 75.7. The van der Waals surface area contributed by atoms with Gasteiger partial charge in [-0.15, -0.1) is 0 Å². The summed E-state index contributed by atoms with van der Waals surface area (Å²) in [6.07, 6.45) is 14.8. The SMILES string of the molecule is COC[C@H]1OC(=O)c2coc3c2[C@@]1(C)C1=C(C3=O)C2CC[C@H](OC(=O)CCCCCCC(=O)OC3CCC(C[C@@H](C)[C@@H]4CC(=O)[C@H](C)/C=C(\C)[C@@H](O)[C@@H](OC)C(=O)[C@H](C)C[C@H](C)/C=C/C=C/C=C(\C)[C@@H](OC)C[C@@H]5CC[C@@H](C)[C@@](O)(O5)C(=O)C(=O)N5CCCCC5C(=O)O4)CC3)[C@@]2(C)C[C@H]1OC(C)=O. The molecule has 23 heteroatoms. The highest BCUT2D eigenvalue weighted by Crippen LogP contribution is 2.63. The van der Waals surface area contributed by atoms with Crippen molar-refractivity contribution in [2.45, 2.75) is 283 Å². The summed E-state index contributed by atoms with van der Waals surface area (Å²) in [4.78, 5) is 141. The van der Waals surface area contributed by atoms with Crippen molar-refractivity contribution in [2.75, 3.05) is 34.5 Å². The highest BCUT2D eigenvalue weighted by molar-refractivity contribution is 6.39. The second-order valence-corrected chi connectivity index (χ2v) is 31.6. The molecule has 2 N–H and O–H groups in total. The lowest BCUT2D eigenvalue weighted by molar-refractivity contribution is -0.265. The van der Waals surface area contributed by atoms with Gasteiger partial charge in [0.2, 0.25) is 11.6 Å². The van der Waals surface area contributed by atoms with Crippen LogP contribution in [0.4, 0.5) is 0 Å². The third-order valence-electron chi connectivity index (χ3n) is 24.1.